The van der Waals surface area contributed by atoms with Gasteiger partial charge in [-0.15, -0.1) is 34.0 Å². The lowest BCUT2D eigenvalue weighted by Crippen LogP contribution is -1.75. The maximum absolute atomic E-state index is 13.6. The topological polar surface area (TPSA) is 0 Å². The van der Waals surface area contributed by atoms with Gasteiger partial charge in [0, 0.05) is 10.4 Å². The van der Waals surface area contributed by atoms with Crippen molar-refractivity contribution in [2.45, 2.75) is 0 Å². The zero-order chi connectivity index (χ0) is 11.0. The highest BCUT2D eigenvalue weighted by molar-refractivity contribution is 7.21. The molecule has 16 heavy (non-hydrogen) atoms. The molecular weight excluding hydrogens is 259 g/mol. The van der Waals surface area contributed by atoms with Crippen LogP contribution in [-0.2, 0) is 0 Å². The van der Waals surface area contributed by atoms with Crippen LogP contribution in [0.2, 0.25) is 0 Å². The van der Waals surface area contributed by atoms with Crippen LogP contribution in [0.1, 0.15) is 0 Å². The molecule has 0 saturated heterocycles. The van der Waals surface area contributed by atoms with E-state index in [1.54, 1.807) is 28.1 Å². The monoisotopic (exact) mass is 266 g/mol. The fourth-order valence-corrected chi connectivity index (χ4v) is 4.23. The third-order valence-corrected chi connectivity index (χ3v) is 5.16. The Bertz CT molecular complexity index is 589. The van der Waals surface area contributed by atoms with Crippen LogP contribution in [-0.4, -0.2) is 0 Å². The lowest BCUT2D eigenvalue weighted by Gasteiger charge is -1.98. The number of hydrogen-bond donors (Lipinski definition) is 0. The fourth-order valence-electron chi connectivity index (χ4n) is 1.57. The molecule has 0 aliphatic rings. The van der Waals surface area contributed by atoms with Gasteiger partial charge in [-0.2, -0.15) is 0 Å². The molecule has 0 aromatic carbocycles. The summed E-state index contributed by atoms with van der Waals surface area (Å²) in [6.07, 6.45) is 0. The summed E-state index contributed by atoms with van der Waals surface area (Å²) in [5, 5.41) is 5.85. The van der Waals surface area contributed by atoms with Crippen molar-refractivity contribution in [1.29, 1.82) is 0 Å². The number of halogens is 1. The molecule has 0 bridgehead atoms. The summed E-state index contributed by atoms with van der Waals surface area (Å²) in [4.78, 5) is 3.11. The van der Waals surface area contributed by atoms with Gasteiger partial charge < -0.3 is 0 Å². The van der Waals surface area contributed by atoms with Crippen LogP contribution in [0, 0.1) is 5.82 Å². The first-order valence-corrected chi connectivity index (χ1v) is 7.35. The van der Waals surface area contributed by atoms with E-state index in [2.05, 4.69) is 6.07 Å². The lowest BCUT2D eigenvalue weighted by molar-refractivity contribution is 0.636. The van der Waals surface area contributed by atoms with Crippen LogP contribution in [0.15, 0.2) is 40.4 Å². The predicted octanol–water partition coefficient (Wildman–Crippen LogP) is 5.34. The molecule has 0 spiro atoms. The summed E-state index contributed by atoms with van der Waals surface area (Å²) >= 11 is 4.81. The van der Waals surface area contributed by atoms with E-state index in [-0.39, 0.29) is 5.82 Å². The zero-order valence-corrected chi connectivity index (χ0v) is 10.6. The molecule has 0 atom stereocenters. The third-order valence-electron chi connectivity index (χ3n) is 2.27. The van der Waals surface area contributed by atoms with Gasteiger partial charge in [-0.25, -0.2) is 4.39 Å². The molecule has 0 nitrogen and oxygen atoms in total. The number of thiophene rings is 3. The molecule has 0 aliphatic heterocycles. The smallest absolute Gasteiger partial charge is 0.141 e. The van der Waals surface area contributed by atoms with Gasteiger partial charge in [0.2, 0.25) is 0 Å². The van der Waals surface area contributed by atoms with E-state index >= 15 is 0 Å². The van der Waals surface area contributed by atoms with Crippen molar-refractivity contribution in [3.05, 3.63) is 46.2 Å². The fraction of sp³-hybridized carbons (Fsp3) is 0. The summed E-state index contributed by atoms with van der Waals surface area (Å²) in [6.45, 7) is 0. The van der Waals surface area contributed by atoms with Crippen LogP contribution in [0.25, 0.3) is 20.2 Å². The van der Waals surface area contributed by atoms with Gasteiger partial charge in [-0.05, 0) is 34.3 Å². The average molecular weight is 266 g/mol. The molecule has 3 heterocycles. The van der Waals surface area contributed by atoms with Gasteiger partial charge in [0.05, 0.1) is 9.75 Å². The van der Waals surface area contributed by atoms with Gasteiger partial charge in [0.1, 0.15) is 5.82 Å². The van der Waals surface area contributed by atoms with Crippen LogP contribution in [0.3, 0.4) is 0 Å². The Kier molecular flexibility index (Phi) is 2.63. The minimum absolute atomic E-state index is 0.124. The van der Waals surface area contributed by atoms with Crippen LogP contribution >= 0.6 is 34.0 Å². The number of rotatable bonds is 2. The molecule has 0 saturated carbocycles. The quantitative estimate of drug-likeness (QED) is 0.587. The summed E-state index contributed by atoms with van der Waals surface area (Å²) in [5.74, 6) is -0.124. The molecule has 3 rings (SSSR count). The summed E-state index contributed by atoms with van der Waals surface area (Å²) < 4.78 is 13.6. The molecule has 0 aliphatic carbocycles. The van der Waals surface area contributed by atoms with E-state index in [9.17, 15) is 4.39 Å². The molecule has 0 radical (unpaired) electrons. The van der Waals surface area contributed by atoms with Crippen molar-refractivity contribution in [2.75, 3.05) is 0 Å². The van der Waals surface area contributed by atoms with Crippen molar-refractivity contribution in [3.8, 4) is 20.2 Å². The Hall–Kier alpha value is -0.970. The van der Waals surface area contributed by atoms with Crippen molar-refractivity contribution in [2.24, 2.45) is 0 Å². The second-order valence-electron chi connectivity index (χ2n) is 3.24. The standard InChI is InChI=1S/C12H7FS3/c13-9-4-7-15-11(9)8-3-6-16-12(8)10-2-1-5-14-10/h1-7H. The first-order chi connectivity index (χ1) is 7.86. The normalized spacial score (nSPS) is 10.8. The molecule has 4 heteroatoms. The van der Waals surface area contributed by atoms with Gasteiger partial charge in [0.25, 0.3) is 0 Å². The third kappa shape index (κ3) is 1.63. The SMILES string of the molecule is Fc1ccsc1-c1ccsc1-c1cccs1. The minimum atomic E-state index is -0.124. The van der Waals surface area contributed by atoms with Crippen molar-refractivity contribution >= 4 is 34.0 Å². The van der Waals surface area contributed by atoms with E-state index < -0.39 is 0 Å². The molecule has 80 valence electrons. The second kappa shape index (κ2) is 4.13. The van der Waals surface area contributed by atoms with Gasteiger partial charge in [0.15, 0.2) is 0 Å². The first-order valence-electron chi connectivity index (χ1n) is 4.71. The molecule has 3 aromatic heterocycles. The zero-order valence-electron chi connectivity index (χ0n) is 8.14. The average Bonchev–Trinajstić information content (AvgIpc) is 2.95. The van der Waals surface area contributed by atoms with Gasteiger partial charge >= 0.3 is 0 Å². The molecule has 0 fully saturated rings. The summed E-state index contributed by atoms with van der Waals surface area (Å²) in [5.41, 5.74) is 1.01. The predicted molar refractivity (Wildman–Crippen MR) is 70.9 cm³/mol. The van der Waals surface area contributed by atoms with Crippen molar-refractivity contribution < 1.29 is 4.39 Å². The van der Waals surface area contributed by atoms with E-state index in [1.165, 1.54) is 22.3 Å². The minimum Gasteiger partial charge on any atom is -0.205 e. The first kappa shape index (κ1) is 10.2. The summed E-state index contributed by atoms with van der Waals surface area (Å²) in [7, 11) is 0. The van der Waals surface area contributed by atoms with Crippen LogP contribution in [0.5, 0.6) is 0 Å². The Balaban J connectivity index is 2.17. The van der Waals surface area contributed by atoms with Crippen molar-refractivity contribution in [3.63, 3.8) is 0 Å². The van der Waals surface area contributed by atoms with E-state index in [0.717, 1.165) is 15.3 Å². The lowest BCUT2D eigenvalue weighted by atomic mass is 10.2. The largest absolute Gasteiger partial charge is 0.205 e. The molecule has 0 unspecified atom stereocenters. The Labute approximate surface area is 105 Å². The highest BCUT2D eigenvalue weighted by Crippen LogP contribution is 2.41. The van der Waals surface area contributed by atoms with Crippen LogP contribution < -0.4 is 0 Å². The van der Waals surface area contributed by atoms with Gasteiger partial charge in [-0.3, -0.25) is 0 Å². The van der Waals surface area contributed by atoms with Gasteiger partial charge in [-0.1, -0.05) is 6.07 Å². The van der Waals surface area contributed by atoms with E-state index in [0.29, 0.717) is 0 Å². The Morgan fingerprint density at radius 2 is 1.62 bits per heavy atom. The second-order valence-corrected chi connectivity index (χ2v) is 6.02. The molecule has 0 N–H and O–H groups in total. The van der Waals surface area contributed by atoms with E-state index in [4.69, 9.17) is 0 Å². The Morgan fingerprint density at radius 1 is 0.812 bits per heavy atom. The summed E-state index contributed by atoms with van der Waals surface area (Å²) in [6, 6.07) is 7.62. The Morgan fingerprint density at radius 3 is 2.31 bits per heavy atom. The number of hydrogen-bond acceptors (Lipinski definition) is 3. The van der Waals surface area contributed by atoms with E-state index in [1.807, 2.05) is 22.9 Å². The van der Waals surface area contributed by atoms with Crippen molar-refractivity contribution in [1.82, 2.24) is 0 Å². The molecular formula is C12H7FS3. The molecule has 3 aromatic rings. The molecule has 0 amide bonds. The highest BCUT2D eigenvalue weighted by atomic mass is 32.1. The maximum atomic E-state index is 13.6. The highest BCUT2D eigenvalue weighted by Gasteiger charge is 2.14. The van der Waals surface area contributed by atoms with Crippen LogP contribution in [0.4, 0.5) is 4.39 Å². The maximum Gasteiger partial charge on any atom is 0.141 e.